The second kappa shape index (κ2) is 5.73. The summed E-state index contributed by atoms with van der Waals surface area (Å²) in [6, 6.07) is 2.74. The molecule has 0 saturated heterocycles. The zero-order valence-electron chi connectivity index (χ0n) is 11.0. The topological polar surface area (TPSA) is 110 Å². The molecule has 0 bridgehead atoms. The van der Waals surface area contributed by atoms with Crippen LogP contribution in [0.3, 0.4) is 0 Å². The van der Waals surface area contributed by atoms with Gasteiger partial charge in [0.25, 0.3) is 10.0 Å². The van der Waals surface area contributed by atoms with E-state index in [1.165, 1.54) is 29.7 Å². The number of thiazole rings is 1. The highest BCUT2D eigenvalue weighted by molar-refractivity contribution is 7.93. The highest BCUT2D eigenvalue weighted by Crippen LogP contribution is 2.24. The molecule has 20 heavy (non-hydrogen) atoms. The van der Waals surface area contributed by atoms with Gasteiger partial charge in [0.1, 0.15) is 5.82 Å². The van der Waals surface area contributed by atoms with E-state index in [4.69, 9.17) is 5.84 Å². The molecule has 7 nitrogen and oxygen atoms in total. The number of hydrazine groups is 1. The minimum atomic E-state index is -3.70. The Hall–Kier alpha value is -1.71. The van der Waals surface area contributed by atoms with Gasteiger partial charge in [0, 0.05) is 17.6 Å². The van der Waals surface area contributed by atoms with Crippen LogP contribution in [0, 0.1) is 0 Å². The fraction of sp³-hybridized carbons (Fsp3) is 0.273. The van der Waals surface area contributed by atoms with Gasteiger partial charge in [-0.25, -0.2) is 24.2 Å². The van der Waals surface area contributed by atoms with E-state index >= 15 is 0 Å². The van der Waals surface area contributed by atoms with Crippen LogP contribution < -0.4 is 16.0 Å². The van der Waals surface area contributed by atoms with Gasteiger partial charge in [0.15, 0.2) is 5.13 Å². The third kappa shape index (κ3) is 3.24. The third-order valence-electron chi connectivity index (χ3n) is 2.52. The molecule has 0 aliphatic rings. The summed E-state index contributed by atoms with van der Waals surface area (Å²) >= 11 is 1.25. The van der Waals surface area contributed by atoms with Gasteiger partial charge in [-0.05, 0) is 12.0 Å². The van der Waals surface area contributed by atoms with Crippen molar-refractivity contribution in [2.45, 2.75) is 24.7 Å². The molecule has 2 heterocycles. The number of nitrogen functional groups attached to an aromatic ring is 1. The number of pyridine rings is 1. The largest absolute Gasteiger partial charge is 0.308 e. The first kappa shape index (κ1) is 14.7. The van der Waals surface area contributed by atoms with Gasteiger partial charge in [0.2, 0.25) is 0 Å². The lowest BCUT2D eigenvalue weighted by atomic mass is 10.2. The molecule has 0 atom stereocenters. The van der Waals surface area contributed by atoms with E-state index in [2.05, 4.69) is 20.1 Å². The maximum Gasteiger partial charge on any atom is 0.263 e. The molecule has 0 amide bonds. The number of nitrogens with one attached hydrogen (secondary N) is 2. The van der Waals surface area contributed by atoms with Crippen LogP contribution in [-0.2, 0) is 10.0 Å². The molecule has 4 N–H and O–H groups in total. The molecule has 0 spiro atoms. The lowest BCUT2D eigenvalue weighted by Gasteiger charge is -2.06. The Balaban J connectivity index is 2.25. The number of rotatable bonds is 5. The predicted molar refractivity (Wildman–Crippen MR) is 79.1 cm³/mol. The fourth-order valence-corrected chi connectivity index (χ4v) is 3.57. The molecule has 0 aliphatic carbocycles. The maximum absolute atomic E-state index is 12.2. The van der Waals surface area contributed by atoms with E-state index in [1.54, 1.807) is 0 Å². The Morgan fingerprint density at radius 2 is 2.15 bits per heavy atom. The molecule has 0 aromatic carbocycles. The van der Waals surface area contributed by atoms with Crippen molar-refractivity contribution in [3.05, 3.63) is 29.4 Å². The zero-order chi connectivity index (χ0) is 14.8. The van der Waals surface area contributed by atoms with Gasteiger partial charge >= 0.3 is 0 Å². The van der Waals surface area contributed by atoms with Gasteiger partial charge in [-0.15, -0.1) is 11.3 Å². The molecule has 0 fully saturated rings. The first-order chi connectivity index (χ1) is 9.42. The fourth-order valence-electron chi connectivity index (χ4n) is 1.43. The van der Waals surface area contributed by atoms with Crippen molar-refractivity contribution >= 4 is 32.3 Å². The standard InChI is InChI=1S/C11H15N5O2S2/c1-7(2)9-6-19-11(14-9)16-20(17,18)8-3-4-13-10(5-8)15-12/h3-7H,12H2,1-2H3,(H,13,15)(H,14,16). The van der Waals surface area contributed by atoms with Gasteiger partial charge in [0.05, 0.1) is 10.6 Å². The van der Waals surface area contributed by atoms with Crippen LogP contribution in [0.2, 0.25) is 0 Å². The van der Waals surface area contributed by atoms with Crippen LogP contribution in [0.1, 0.15) is 25.5 Å². The van der Waals surface area contributed by atoms with E-state index in [1.807, 2.05) is 19.2 Å². The Bertz CT molecular complexity index is 696. The molecule has 0 saturated carbocycles. The molecular weight excluding hydrogens is 298 g/mol. The van der Waals surface area contributed by atoms with Crippen LogP contribution >= 0.6 is 11.3 Å². The molecule has 0 radical (unpaired) electrons. The molecule has 0 aliphatic heterocycles. The molecular formula is C11H15N5O2S2. The third-order valence-corrected chi connectivity index (χ3v) is 4.77. The number of anilines is 2. The zero-order valence-corrected chi connectivity index (χ0v) is 12.6. The monoisotopic (exact) mass is 313 g/mol. The lowest BCUT2D eigenvalue weighted by Crippen LogP contribution is -2.15. The van der Waals surface area contributed by atoms with Gasteiger partial charge in [-0.2, -0.15) is 0 Å². The van der Waals surface area contributed by atoms with Crippen LogP contribution in [0.4, 0.5) is 10.9 Å². The Morgan fingerprint density at radius 1 is 1.40 bits per heavy atom. The number of sulfonamides is 1. The van der Waals surface area contributed by atoms with E-state index in [9.17, 15) is 8.42 Å². The predicted octanol–water partition coefficient (Wildman–Crippen LogP) is 1.75. The number of nitrogens with two attached hydrogens (primary N) is 1. The number of hydrogen-bond acceptors (Lipinski definition) is 7. The Morgan fingerprint density at radius 3 is 2.75 bits per heavy atom. The summed E-state index contributed by atoms with van der Waals surface area (Å²) in [4.78, 5) is 8.17. The van der Waals surface area contributed by atoms with Gasteiger partial charge in [-0.3, -0.25) is 4.72 Å². The number of aromatic nitrogens is 2. The summed E-state index contributed by atoms with van der Waals surface area (Å²) in [6.07, 6.45) is 1.37. The quantitative estimate of drug-likeness (QED) is 0.573. The molecule has 2 aromatic rings. The average molecular weight is 313 g/mol. The van der Waals surface area contributed by atoms with E-state index in [-0.39, 0.29) is 16.6 Å². The van der Waals surface area contributed by atoms with Crippen molar-refractivity contribution in [2.24, 2.45) is 5.84 Å². The van der Waals surface area contributed by atoms with Crippen molar-refractivity contribution in [3.63, 3.8) is 0 Å². The van der Waals surface area contributed by atoms with Crippen LogP contribution in [-0.4, -0.2) is 18.4 Å². The summed E-state index contributed by atoms with van der Waals surface area (Å²) in [7, 11) is -3.70. The van der Waals surface area contributed by atoms with Crippen molar-refractivity contribution in [1.82, 2.24) is 9.97 Å². The summed E-state index contributed by atoms with van der Waals surface area (Å²) in [6.45, 7) is 3.99. The molecule has 2 aromatic heterocycles. The van der Waals surface area contributed by atoms with Crippen LogP contribution in [0.15, 0.2) is 28.6 Å². The summed E-state index contributed by atoms with van der Waals surface area (Å²) in [5.74, 6) is 5.73. The van der Waals surface area contributed by atoms with E-state index < -0.39 is 10.0 Å². The van der Waals surface area contributed by atoms with Crippen LogP contribution in [0.5, 0.6) is 0 Å². The first-order valence-corrected chi connectivity index (χ1v) is 8.19. The summed E-state index contributed by atoms with van der Waals surface area (Å²) in [5.41, 5.74) is 3.16. The van der Waals surface area contributed by atoms with Gasteiger partial charge < -0.3 is 5.43 Å². The first-order valence-electron chi connectivity index (χ1n) is 5.83. The number of nitrogens with zero attached hydrogens (tertiary/aromatic N) is 2. The lowest BCUT2D eigenvalue weighted by molar-refractivity contribution is 0.601. The SMILES string of the molecule is CC(C)c1csc(NS(=O)(=O)c2ccnc(NN)c2)n1. The smallest absolute Gasteiger partial charge is 0.263 e. The Kier molecular flexibility index (Phi) is 4.21. The minimum Gasteiger partial charge on any atom is -0.308 e. The van der Waals surface area contributed by atoms with Crippen LogP contribution in [0.25, 0.3) is 0 Å². The summed E-state index contributed by atoms with van der Waals surface area (Å²) < 4.78 is 26.9. The highest BCUT2D eigenvalue weighted by atomic mass is 32.2. The summed E-state index contributed by atoms with van der Waals surface area (Å²) in [5, 5.41) is 2.18. The van der Waals surface area contributed by atoms with Gasteiger partial charge in [-0.1, -0.05) is 13.8 Å². The Labute approximate surface area is 121 Å². The minimum absolute atomic E-state index is 0.0711. The highest BCUT2D eigenvalue weighted by Gasteiger charge is 2.17. The van der Waals surface area contributed by atoms with Crippen molar-refractivity contribution < 1.29 is 8.42 Å². The molecule has 9 heteroatoms. The molecule has 2 rings (SSSR count). The van der Waals surface area contributed by atoms with E-state index in [0.29, 0.717) is 5.13 Å². The normalized spacial score (nSPS) is 11.6. The second-order valence-corrected chi connectivity index (χ2v) is 6.90. The van der Waals surface area contributed by atoms with Crippen molar-refractivity contribution in [3.8, 4) is 0 Å². The number of hydrogen-bond donors (Lipinski definition) is 3. The van der Waals surface area contributed by atoms with Crippen molar-refractivity contribution in [2.75, 3.05) is 10.1 Å². The van der Waals surface area contributed by atoms with Crippen molar-refractivity contribution in [1.29, 1.82) is 0 Å². The van der Waals surface area contributed by atoms with E-state index in [0.717, 1.165) is 5.69 Å². The average Bonchev–Trinajstić information content (AvgIpc) is 2.87. The maximum atomic E-state index is 12.2. The second-order valence-electron chi connectivity index (χ2n) is 4.36. The molecule has 108 valence electrons. The molecule has 0 unspecified atom stereocenters.